The largest absolute Gasteiger partial charge is 0.396 e. The molecule has 4 nitrogen and oxygen atoms in total. The summed E-state index contributed by atoms with van der Waals surface area (Å²) in [4.78, 5) is 9.50. The van der Waals surface area contributed by atoms with Crippen LogP contribution in [0.3, 0.4) is 0 Å². The molecule has 0 radical (unpaired) electrons. The summed E-state index contributed by atoms with van der Waals surface area (Å²) in [5.74, 6) is -0.158. The van der Waals surface area contributed by atoms with E-state index in [0.717, 1.165) is 48.0 Å². The Bertz CT molecular complexity index is 917. The van der Waals surface area contributed by atoms with Gasteiger partial charge in [0.25, 0.3) is 0 Å². The van der Waals surface area contributed by atoms with E-state index in [4.69, 9.17) is 4.98 Å². The third kappa shape index (κ3) is 5.08. The molecule has 1 N–H and O–H groups in total. The predicted octanol–water partition coefficient (Wildman–Crippen LogP) is 4.02. The lowest BCUT2D eigenvalue weighted by atomic mass is 10.1. The van der Waals surface area contributed by atoms with Gasteiger partial charge in [-0.25, -0.2) is 9.37 Å². The zero-order valence-corrected chi connectivity index (χ0v) is 17.2. The number of aliphatic hydroxyl groups excluding tert-OH is 1. The molecule has 1 unspecified atom stereocenters. The molecule has 1 saturated heterocycles. The molecular formula is C23H26FN3OS. The molecule has 0 spiro atoms. The van der Waals surface area contributed by atoms with Crippen LogP contribution >= 0.6 is 11.3 Å². The van der Waals surface area contributed by atoms with Gasteiger partial charge in [0.1, 0.15) is 10.8 Å². The number of aliphatic hydroxyl groups is 1. The van der Waals surface area contributed by atoms with Crippen LogP contribution in [0.25, 0.3) is 11.3 Å². The van der Waals surface area contributed by atoms with Crippen molar-refractivity contribution in [2.45, 2.75) is 25.6 Å². The molecule has 6 heteroatoms. The molecule has 152 valence electrons. The summed E-state index contributed by atoms with van der Waals surface area (Å²) in [6, 6.07) is 17.4. The number of benzene rings is 2. The highest BCUT2D eigenvalue weighted by Crippen LogP contribution is 2.24. The topological polar surface area (TPSA) is 39.6 Å². The molecule has 0 aliphatic carbocycles. The van der Waals surface area contributed by atoms with Crippen LogP contribution < -0.4 is 0 Å². The standard InChI is InChI=1S/C23H26FN3OS/c24-21-9-5-4-8-19(21)14-27-12-11-26(15-20(27)10-13-28)16-23-25-22(17-29-23)18-6-2-1-3-7-18/h1-9,17,20,28H,10-16H2. The zero-order valence-electron chi connectivity index (χ0n) is 16.4. The Balaban J connectivity index is 1.40. The van der Waals surface area contributed by atoms with Crippen molar-refractivity contribution in [1.29, 1.82) is 0 Å². The molecule has 1 aliphatic rings. The van der Waals surface area contributed by atoms with Crippen molar-refractivity contribution in [3.8, 4) is 11.3 Å². The van der Waals surface area contributed by atoms with Gasteiger partial charge in [-0.1, -0.05) is 48.5 Å². The SMILES string of the molecule is OCCC1CN(Cc2nc(-c3ccccc3)cs2)CCN1Cc1ccccc1F. The second kappa shape index (κ2) is 9.59. The van der Waals surface area contributed by atoms with Crippen LogP contribution in [0.4, 0.5) is 4.39 Å². The summed E-state index contributed by atoms with van der Waals surface area (Å²) < 4.78 is 14.1. The quantitative estimate of drug-likeness (QED) is 0.638. The van der Waals surface area contributed by atoms with E-state index >= 15 is 0 Å². The van der Waals surface area contributed by atoms with E-state index in [1.165, 1.54) is 6.07 Å². The second-order valence-corrected chi connectivity index (χ2v) is 8.40. The van der Waals surface area contributed by atoms with Crippen molar-refractivity contribution in [2.24, 2.45) is 0 Å². The Morgan fingerprint density at radius 1 is 1.03 bits per heavy atom. The van der Waals surface area contributed by atoms with E-state index in [1.54, 1.807) is 17.4 Å². The maximum Gasteiger partial charge on any atom is 0.127 e. The molecule has 0 bridgehead atoms. The maximum absolute atomic E-state index is 14.1. The summed E-state index contributed by atoms with van der Waals surface area (Å²) in [6.45, 7) is 4.16. The van der Waals surface area contributed by atoms with Gasteiger partial charge in [-0.05, 0) is 12.5 Å². The number of halogens is 1. The Labute approximate surface area is 175 Å². The van der Waals surface area contributed by atoms with E-state index in [2.05, 4.69) is 27.3 Å². The molecule has 2 aromatic carbocycles. The highest BCUT2D eigenvalue weighted by Gasteiger charge is 2.27. The second-order valence-electron chi connectivity index (χ2n) is 7.46. The fourth-order valence-electron chi connectivity index (χ4n) is 3.89. The number of hydrogen-bond acceptors (Lipinski definition) is 5. The Kier molecular flexibility index (Phi) is 6.67. The minimum atomic E-state index is -0.158. The lowest BCUT2D eigenvalue weighted by Crippen LogP contribution is -2.52. The summed E-state index contributed by atoms with van der Waals surface area (Å²) >= 11 is 1.69. The lowest BCUT2D eigenvalue weighted by Gasteiger charge is -2.41. The first-order chi connectivity index (χ1) is 14.2. The maximum atomic E-state index is 14.1. The molecule has 2 heterocycles. The highest BCUT2D eigenvalue weighted by atomic mass is 32.1. The molecule has 0 saturated carbocycles. The fraction of sp³-hybridized carbons (Fsp3) is 0.348. The van der Waals surface area contributed by atoms with Gasteiger partial charge in [0, 0.05) is 55.3 Å². The number of piperazine rings is 1. The first-order valence-electron chi connectivity index (χ1n) is 10.0. The van der Waals surface area contributed by atoms with Crippen LogP contribution in [0.5, 0.6) is 0 Å². The molecule has 1 aromatic heterocycles. The average Bonchev–Trinajstić information content (AvgIpc) is 3.21. The lowest BCUT2D eigenvalue weighted by molar-refractivity contribution is 0.0493. The van der Waals surface area contributed by atoms with Gasteiger partial charge in [0.2, 0.25) is 0 Å². The van der Waals surface area contributed by atoms with Crippen molar-refractivity contribution in [1.82, 2.24) is 14.8 Å². The van der Waals surface area contributed by atoms with E-state index in [9.17, 15) is 9.50 Å². The van der Waals surface area contributed by atoms with Gasteiger partial charge < -0.3 is 5.11 Å². The van der Waals surface area contributed by atoms with E-state index < -0.39 is 0 Å². The minimum Gasteiger partial charge on any atom is -0.396 e. The Morgan fingerprint density at radius 2 is 1.83 bits per heavy atom. The van der Waals surface area contributed by atoms with Crippen LogP contribution in [-0.2, 0) is 13.1 Å². The number of thiazole rings is 1. The average molecular weight is 412 g/mol. The van der Waals surface area contributed by atoms with Crippen LogP contribution in [0, 0.1) is 5.82 Å². The Hall–Kier alpha value is -2.12. The number of hydrogen-bond donors (Lipinski definition) is 1. The molecule has 1 atom stereocenters. The van der Waals surface area contributed by atoms with Crippen LogP contribution in [0.15, 0.2) is 60.0 Å². The summed E-state index contributed by atoms with van der Waals surface area (Å²) in [6.07, 6.45) is 0.693. The van der Waals surface area contributed by atoms with E-state index in [1.807, 2.05) is 30.3 Å². The van der Waals surface area contributed by atoms with Gasteiger partial charge in [-0.3, -0.25) is 9.80 Å². The first-order valence-corrected chi connectivity index (χ1v) is 10.9. The van der Waals surface area contributed by atoms with E-state index in [0.29, 0.717) is 13.0 Å². The monoisotopic (exact) mass is 411 g/mol. The predicted molar refractivity (Wildman–Crippen MR) is 115 cm³/mol. The molecule has 0 amide bonds. The summed E-state index contributed by atoms with van der Waals surface area (Å²) in [5.41, 5.74) is 2.88. The third-order valence-electron chi connectivity index (χ3n) is 5.46. The van der Waals surface area contributed by atoms with E-state index in [-0.39, 0.29) is 18.5 Å². The molecule has 3 aromatic rings. The molecule has 1 aliphatic heterocycles. The van der Waals surface area contributed by atoms with Gasteiger partial charge in [-0.2, -0.15) is 0 Å². The van der Waals surface area contributed by atoms with Gasteiger partial charge in [0.05, 0.1) is 12.2 Å². The van der Waals surface area contributed by atoms with Gasteiger partial charge in [-0.15, -0.1) is 11.3 Å². The summed E-state index contributed by atoms with van der Waals surface area (Å²) in [5, 5.41) is 12.8. The third-order valence-corrected chi connectivity index (χ3v) is 6.30. The number of rotatable bonds is 7. The van der Waals surface area contributed by atoms with Crippen LogP contribution in [-0.4, -0.2) is 52.2 Å². The highest BCUT2D eigenvalue weighted by molar-refractivity contribution is 7.09. The molecule has 29 heavy (non-hydrogen) atoms. The van der Waals surface area contributed by atoms with Crippen molar-refractivity contribution in [2.75, 3.05) is 26.2 Å². The number of aromatic nitrogens is 1. The van der Waals surface area contributed by atoms with Gasteiger partial charge >= 0.3 is 0 Å². The first kappa shape index (κ1) is 20.2. The van der Waals surface area contributed by atoms with Crippen molar-refractivity contribution >= 4 is 11.3 Å². The van der Waals surface area contributed by atoms with Gasteiger partial charge in [0.15, 0.2) is 0 Å². The zero-order chi connectivity index (χ0) is 20.1. The number of nitrogens with zero attached hydrogens (tertiary/aromatic N) is 3. The Morgan fingerprint density at radius 3 is 2.62 bits per heavy atom. The molecule has 4 rings (SSSR count). The van der Waals surface area contributed by atoms with Crippen LogP contribution in [0.2, 0.25) is 0 Å². The van der Waals surface area contributed by atoms with Crippen molar-refractivity contribution in [3.05, 3.63) is 76.4 Å². The molecular weight excluding hydrogens is 385 g/mol. The minimum absolute atomic E-state index is 0.141. The van der Waals surface area contributed by atoms with Crippen molar-refractivity contribution < 1.29 is 9.50 Å². The normalized spacial score (nSPS) is 18.2. The van der Waals surface area contributed by atoms with Crippen molar-refractivity contribution in [3.63, 3.8) is 0 Å². The van der Waals surface area contributed by atoms with Crippen LogP contribution in [0.1, 0.15) is 17.0 Å². The summed E-state index contributed by atoms with van der Waals surface area (Å²) in [7, 11) is 0. The smallest absolute Gasteiger partial charge is 0.127 e. The fourth-order valence-corrected chi connectivity index (χ4v) is 4.74. The molecule has 1 fully saturated rings.